The molecule has 3 heterocycles. The second-order valence-electron chi connectivity index (χ2n) is 14.3. The number of ether oxygens (including phenoxy) is 5. The highest BCUT2D eigenvalue weighted by Crippen LogP contribution is 2.39. The van der Waals surface area contributed by atoms with Crippen molar-refractivity contribution in [2.75, 3.05) is 46.2 Å². The maximum absolute atomic E-state index is 15.1. The number of carbonyl (C=O) groups excluding carboxylic acids is 5. The minimum Gasteiger partial charge on any atom is -0.491 e. The molecule has 3 aliphatic heterocycles. The van der Waals surface area contributed by atoms with Crippen molar-refractivity contribution in [3.63, 3.8) is 0 Å². The van der Waals surface area contributed by atoms with Crippen LogP contribution in [0.4, 0.5) is 17.6 Å². The quantitative estimate of drug-likeness (QED) is 0.123. The summed E-state index contributed by atoms with van der Waals surface area (Å²) < 4.78 is 83.6. The maximum Gasteiger partial charge on any atom is 0.417 e. The Hall–Kier alpha value is -6.06. The van der Waals surface area contributed by atoms with Crippen LogP contribution >= 0.6 is 0 Å². The first-order valence-electron chi connectivity index (χ1n) is 18.2. The summed E-state index contributed by atoms with van der Waals surface area (Å²) in [6.07, 6.45) is -5.90. The molecule has 3 aromatic carbocycles. The van der Waals surface area contributed by atoms with Gasteiger partial charge in [0.1, 0.15) is 42.3 Å². The molecule has 1 N–H and O–H groups in total. The van der Waals surface area contributed by atoms with Crippen LogP contribution in [-0.4, -0.2) is 97.7 Å². The maximum atomic E-state index is 15.1. The molecule has 0 saturated carbocycles. The molecule has 3 aromatic rings. The van der Waals surface area contributed by atoms with Gasteiger partial charge in [0.25, 0.3) is 17.7 Å². The number of hydrogen-bond acceptors (Lipinski definition) is 11. The van der Waals surface area contributed by atoms with Crippen LogP contribution in [0, 0.1) is 22.6 Å². The molecule has 6 rings (SSSR count). The summed E-state index contributed by atoms with van der Waals surface area (Å²) in [6, 6.07) is 12.0. The summed E-state index contributed by atoms with van der Waals surface area (Å²) in [5, 5.41) is 11.2. The van der Waals surface area contributed by atoms with E-state index in [1.54, 1.807) is 19.9 Å². The molecule has 306 valence electrons. The smallest absolute Gasteiger partial charge is 0.417 e. The molecule has 2 fully saturated rings. The number of nitrogens with one attached hydrogen (secondary N) is 1. The van der Waals surface area contributed by atoms with Crippen molar-refractivity contribution in [2.24, 2.45) is 5.41 Å². The van der Waals surface area contributed by atoms with Gasteiger partial charge in [0.15, 0.2) is 6.10 Å². The second kappa shape index (κ2) is 17.2. The molecule has 0 bridgehead atoms. The SMILES string of the molecule is CC1(C)CN(Cc2ccc(OCCOCCOCCOc3cccc4c3C(=O)N(C3CCC(=O)NC3=O)C4=O)cc2F)C(=O)C1Oc1ccc(C#N)c(C(F)(F)F)c1. The van der Waals surface area contributed by atoms with Gasteiger partial charge in [-0.25, -0.2) is 4.39 Å². The van der Waals surface area contributed by atoms with Crippen LogP contribution in [0.2, 0.25) is 0 Å². The number of nitriles is 1. The van der Waals surface area contributed by atoms with E-state index in [1.807, 2.05) is 0 Å². The number of carbonyl (C=O) groups is 5. The number of halogens is 4. The molecule has 2 unspecified atom stereocenters. The van der Waals surface area contributed by atoms with E-state index in [0.29, 0.717) is 6.07 Å². The summed E-state index contributed by atoms with van der Waals surface area (Å²) in [4.78, 5) is 65.5. The first kappa shape index (κ1) is 41.6. The normalized spacial score (nSPS) is 18.9. The third-order valence-corrected chi connectivity index (χ3v) is 9.68. The van der Waals surface area contributed by atoms with Crippen molar-refractivity contribution in [2.45, 2.75) is 51.6 Å². The Morgan fingerprint density at radius 3 is 2.24 bits per heavy atom. The zero-order valence-corrected chi connectivity index (χ0v) is 31.4. The minimum absolute atomic E-state index is 0.00888. The summed E-state index contributed by atoms with van der Waals surface area (Å²) in [5.74, 6) is -3.47. The van der Waals surface area contributed by atoms with Gasteiger partial charge in [-0.3, -0.25) is 34.2 Å². The Kier molecular flexibility index (Phi) is 12.3. The molecule has 3 aliphatic rings. The topological polar surface area (TPSA) is 174 Å². The van der Waals surface area contributed by atoms with Crippen molar-refractivity contribution in [1.29, 1.82) is 5.26 Å². The number of alkyl halides is 3. The molecule has 58 heavy (non-hydrogen) atoms. The highest BCUT2D eigenvalue weighted by Gasteiger charge is 2.49. The summed E-state index contributed by atoms with van der Waals surface area (Å²) in [7, 11) is 0. The molecule has 14 nitrogen and oxygen atoms in total. The molecule has 5 amide bonds. The lowest BCUT2D eigenvalue weighted by Gasteiger charge is -2.27. The number of piperidine rings is 1. The monoisotopic (exact) mass is 810 g/mol. The molecule has 2 saturated heterocycles. The third-order valence-electron chi connectivity index (χ3n) is 9.68. The van der Waals surface area contributed by atoms with Crippen LogP contribution in [0.5, 0.6) is 17.2 Å². The zero-order valence-electron chi connectivity index (χ0n) is 31.4. The van der Waals surface area contributed by atoms with E-state index < -0.39 is 70.2 Å². The Balaban J connectivity index is 0.891. The predicted molar refractivity (Wildman–Crippen MR) is 192 cm³/mol. The van der Waals surface area contributed by atoms with Gasteiger partial charge in [-0.2, -0.15) is 18.4 Å². The second-order valence-corrected chi connectivity index (χ2v) is 14.3. The summed E-state index contributed by atoms with van der Waals surface area (Å²) >= 11 is 0. The number of imide groups is 2. The lowest BCUT2D eigenvalue weighted by atomic mass is 9.89. The van der Waals surface area contributed by atoms with Gasteiger partial charge >= 0.3 is 6.18 Å². The average Bonchev–Trinajstić information content (AvgIpc) is 3.55. The average molecular weight is 811 g/mol. The largest absolute Gasteiger partial charge is 0.491 e. The van der Waals surface area contributed by atoms with Gasteiger partial charge in [0.2, 0.25) is 11.8 Å². The van der Waals surface area contributed by atoms with Crippen LogP contribution in [-0.2, 0) is 36.6 Å². The third kappa shape index (κ3) is 9.05. The fourth-order valence-corrected chi connectivity index (χ4v) is 6.87. The number of benzene rings is 3. The highest BCUT2D eigenvalue weighted by molar-refractivity contribution is 6.24. The van der Waals surface area contributed by atoms with E-state index in [1.165, 1.54) is 47.4 Å². The van der Waals surface area contributed by atoms with E-state index in [2.05, 4.69) is 5.32 Å². The van der Waals surface area contributed by atoms with Crippen LogP contribution in [0.1, 0.15) is 64.1 Å². The first-order valence-corrected chi connectivity index (χ1v) is 18.2. The van der Waals surface area contributed by atoms with E-state index >= 15 is 4.39 Å². The molecule has 2 atom stereocenters. The molecule has 0 aromatic heterocycles. The fourth-order valence-electron chi connectivity index (χ4n) is 6.87. The fraction of sp³-hybridized carbons (Fsp3) is 0.400. The van der Waals surface area contributed by atoms with Gasteiger partial charge in [-0.05, 0) is 42.8 Å². The van der Waals surface area contributed by atoms with E-state index in [0.717, 1.165) is 11.0 Å². The van der Waals surface area contributed by atoms with Crippen molar-refractivity contribution >= 4 is 29.5 Å². The van der Waals surface area contributed by atoms with Gasteiger partial charge in [-0.15, -0.1) is 0 Å². The summed E-state index contributed by atoms with van der Waals surface area (Å²) in [6.45, 7) is 4.28. The van der Waals surface area contributed by atoms with E-state index in [4.69, 9.17) is 28.9 Å². The highest BCUT2D eigenvalue weighted by atomic mass is 19.4. The molecular weight excluding hydrogens is 772 g/mol. The minimum atomic E-state index is -4.80. The Morgan fingerprint density at radius 2 is 1.57 bits per heavy atom. The predicted octanol–water partition coefficient (Wildman–Crippen LogP) is 4.42. The van der Waals surface area contributed by atoms with Crippen molar-refractivity contribution in [1.82, 2.24) is 15.1 Å². The van der Waals surface area contributed by atoms with Gasteiger partial charge in [0.05, 0.1) is 54.8 Å². The van der Waals surface area contributed by atoms with Gasteiger partial charge < -0.3 is 28.6 Å². The van der Waals surface area contributed by atoms with Crippen molar-refractivity contribution in [3.05, 3.63) is 88.2 Å². The van der Waals surface area contributed by atoms with Crippen LogP contribution in [0.15, 0.2) is 54.6 Å². The number of likely N-dealkylation sites (tertiary alicyclic amines) is 1. The number of nitrogens with zero attached hydrogens (tertiary/aromatic N) is 3. The number of amides is 5. The van der Waals surface area contributed by atoms with Crippen molar-refractivity contribution < 1.29 is 65.2 Å². The van der Waals surface area contributed by atoms with Crippen molar-refractivity contribution in [3.8, 4) is 23.3 Å². The molecule has 0 radical (unpaired) electrons. The molecule has 18 heteroatoms. The van der Waals surface area contributed by atoms with Gasteiger partial charge in [0, 0.05) is 36.6 Å². The van der Waals surface area contributed by atoms with Crippen LogP contribution in [0.3, 0.4) is 0 Å². The lowest BCUT2D eigenvalue weighted by molar-refractivity contribution is -0.138. The first-order chi connectivity index (χ1) is 27.6. The number of hydrogen-bond donors (Lipinski definition) is 1. The van der Waals surface area contributed by atoms with Crippen LogP contribution in [0.25, 0.3) is 0 Å². The number of rotatable bonds is 16. The molecular formula is C40H38F4N4O10. The molecule has 0 aliphatic carbocycles. The summed E-state index contributed by atoms with van der Waals surface area (Å²) in [5.41, 5.74) is -2.24. The zero-order chi connectivity index (χ0) is 41.8. The Labute approximate surface area is 329 Å². The lowest BCUT2D eigenvalue weighted by Crippen LogP contribution is -2.54. The Morgan fingerprint density at radius 1 is 0.879 bits per heavy atom. The Bertz CT molecular complexity index is 2150. The van der Waals surface area contributed by atoms with E-state index in [-0.39, 0.29) is 99.5 Å². The number of fused-ring (bicyclic) bond motifs is 1. The molecule has 0 spiro atoms. The van der Waals surface area contributed by atoms with E-state index in [9.17, 15) is 37.1 Å². The van der Waals surface area contributed by atoms with Gasteiger partial charge in [-0.1, -0.05) is 26.0 Å². The van der Waals surface area contributed by atoms with Crippen LogP contribution < -0.4 is 19.5 Å². The standard InChI is InChI=1S/C40H38F4N4O10/c1-39(2)22-47(38(53)34(39)58-26-9-6-23(20-45)28(18-26)40(42,43)44)21-24-7-8-25(19-29(24)41)56-16-14-54-12-13-55-15-17-57-31-5-3-4-27-33(31)37(52)48(36(27)51)30-10-11-32(49)46-35(30)50/h3-9,18-19,30,34H,10-17,21-22H2,1-2H3,(H,46,49,50).